The molecule has 3 N–H and O–H groups in total. The number of rotatable bonds is 2. The number of carbonyl (C=O) groups is 1. The van der Waals surface area contributed by atoms with Gasteiger partial charge in [-0.1, -0.05) is 23.8 Å². The Labute approximate surface area is 124 Å². The van der Waals surface area contributed by atoms with Gasteiger partial charge in [-0.25, -0.2) is 0 Å². The molecule has 0 radical (unpaired) electrons. The third-order valence-corrected chi connectivity index (χ3v) is 3.35. The van der Waals surface area contributed by atoms with E-state index in [2.05, 4.69) is 15.5 Å². The van der Waals surface area contributed by atoms with Gasteiger partial charge in [-0.15, -0.1) is 0 Å². The quantitative estimate of drug-likeness (QED) is 0.672. The fourth-order valence-corrected chi connectivity index (χ4v) is 2.31. The molecular weight excluding hydrogens is 282 g/mol. The van der Waals surface area contributed by atoms with E-state index in [1.54, 1.807) is 30.3 Å². The highest BCUT2D eigenvalue weighted by Crippen LogP contribution is 2.18. The minimum atomic E-state index is -0.463. The van der Waals surface area contributed by atoms with E-state index in [1.807, 2.05) is 13.0 Å². The van der Waals surface area contributed by atoms with E-state index in [1.165, 1.54) is 6.07 Å². The smallest absolute Gasteiger partial charge is 0.272 e. The molecule has 3 aromatic rings. The van der Waals surface area contributed by atoms with Crippen LogP contribution in [0.2, 0.25) is 0 Å². The Hall–Kier alpha value is -3.15. The Kier molecular flexibility index (Phi) is 3.34. The standard InChI is InChI=1S/C16H13N3O3/c1-9-4-2-5-10(8-9)14(20)17-12-7-3-6-11-13(12)16(22)19-18-15(11)21/h2-8H,1H3,(H,17,20)(H,18,21)(H,19,22). The van der Waals surface area contributed by atoms with Gasteiger partial charge in [0, 0.05) is 5.56 Å². The second-order valence-electron chi connectivity index (χ2n) is 4.96. The van der Waals surface area contributed by atoms with Crippen molar-refractivity contribution in [1.82, 2.24) is 10.2 Å². The summed E-state index contributed by atoms with van der Waals surface area (Å²) in [5.74, 6) is -0.337. The maximum atomic E-state index is 12.3. The maximum Gasteiger partial charge on any atom is 0.272 e. The Morgan fingerprint density at radius 2 is 1.73 bits per heavy atom. The molecule has 1 aromatic heterocycles. The third kappa shape index (κ3) is 2.42. The molecule has 0 aliphatic carbocycles. The van der Waals surface area contributed by atoms with E-state index in [4.69, 9.17) is 0 Å². The van der Waals surface area contributed by atoms with Crippen LogP contribution in [-0.4, -0.2) is 16.1 Å². The van der Waals surface area contributed by atoms with Crippen molar-refractivity contribution in [1.29, 1.82) is 0 Å². The van der Waals surface area contributed by atoms with Crippen LogP contribution in [-0.2, 0) is 0 Å². The highest BCUT2D eigenvalue weighted by Gasteiger charge is 2.12. The van der Waals surface area contributed by atoms with Crippen molar-refractivity contribution in [2.45, 2.75) is 6.92 Å². The van der Waals surface area contributed by atoms with Gasteiger partial charge in [-0.2, -0.15) is 0 Å². The van der Waals surface area contributed by atoms with Crippen LogP contribution in [0.15, 0.2) is 52.1 Å². The molecule has 1 amide bonds. The minimum absolute atomic E-state index is 0.159. The summed E-state index contributed by atoms with van der Waals surface area (Å²) in [6, 6.07) is 11.8. The summed E-state index contributed by atoms with van der Waals surface area (Å²) < 4.78 is 0. The van der Waals surface area contributed by atoms with Crippen LogP contribution in [0, 0.1) is 6.92 Å². The number of aromatic amines is 2. The number of aryl methyl sites for hydroxylation is 1. The lowest BCUT2D eigenvalue weighted by Gasteiger charge is -2.08. The second-order valence-corrected chi connectivity index (χ2v) is 4.96. The maximum absolute atomic E-state index is 12.3. The van der Waals surface area contributed by atoms with E-state index in [0.717, 1.165) is 5.56 Å². The van der Waals surface area contributed by atoms with Crippen LogP contribution in [0.3, 0.4) is 0 Å². The topological polar surface area (TPSA) is 94.8 Å². The van der Waals surface area contributed by atoms with Gasteiger partial charge in [0.1, 0.15) is 0 Å². The molecule has 0 saturated heterocycles. The van der Waals surface area contributed by atoms with Gasteiger partial charge < -0.3 is 5.32 Å². The van der Waals surface area contributed by atoms with Crippen LogP contribution >= 0.6 is 0 Å². The number of hydrogen-bond acceptors (Lipinski definition) is 3. The van der Waals surface area contributed by atoms with Crippen LogP contribution in [0.4, 0.5) is 5.69 Å². The zero-order valence-electron chi connectivity index (χ0n) is 11.8. The van der Waals surface area contributed by atoms with Crippen molar-refractivity contribution >= 4 is 22.4 Å². The summed E-state index contributed by atoms with van der Waals surface area (Å²) in [6.45, 7) is 1.89. The molecule has 3 rings (SSSR count). The predicted octanol–water partition coefficient (Wildman–Crippen LogP) is 1.78. The lowest BCUT2D eigenvalue weighted by molar-refractivity contribution is 0.102. The van der Waals surface area contributed by atoms with Crippen LogP contribution in [0.25, 0.3) is 10.8 Å². The third-order valence-electron chi connectivity index (χ3n) is 3.35. The molecular formula is C16H13N3O3. The summed E-state index contributed by atoms with van der Waals surface area (Å²) in [4.78, 5) is 36.0. The summed E-state index contributed by atoms with van der Waals surface area (Å²) in [5, 5.41) is 7.59. The largest absolute Gasteiger partial charge is 0.321 e. The average Bonchev–Trinajstić information content (AvgIpc) is 2.51. The van der Waals surface area contributed by atoms with Gasteiger partial charge in [0.2, 0.25) is 0 Å². The lowest BCUT2D eigenvalue weighted by Crippen LogP contribution is -2.21. The minimum Gasteiger partial charge on any atom is -0.321 e. The molecule has 0 atom stereocenters. The molecule has 6 heteroatoms. The summed E-state index contributed by atoms with van der Waals surface area (Å²) >= 11 is 0. The summed E-state index contributed by atoms with van der Waals surface area (Å²) in [6.07, 6.45) is 0. The Morgan fingerprint density at radius 1 is 1.00 bits per heavy atom. The van der Waals surface area contributed by atoms with Gasteiger partial charge >= 0.3 is 0 Å². The van der Waals surface area contributed by atoms with Crippen molar-refractivity contribution < 1.29 is 4.79 Å². The van der Waals surface area contributed by atoms with E-state index >= 15 is 0 Å². The fourth-order valence-electron chi connectivity index (χ4n) is 2.31. The average molecular weight is 295 g/mol. The summed E-state index contributed by atoms with van der Waals surface area (Å²) in [5.41, 5.74) is 0.866. The van der Waals surface area contributed by atoms with E-state index in [9.17, 15) is 14.4 Å². The number of aromatic nitrogens is 2. The number of benzene rings is 2. The molecule has 1 heterocycles. The van der Waals surface area contributed by atoms with E-state index in [0.29, 0.717) is 11.3 Å². The number of anilines is 1. The number of H-pyrrole nitrogens is 2. The summed E-state index contributed by atoms with van der Waals surface area (Å²) in [7, 11) is 0. The van der Waals surface area contributed by atoms with Crippen LogP contribution < -0.4 is 16.4 Å². The number of nitrogens with one attached hydrogen (secondary N) is 3. The molecule has 110 valence electrons. The van der Waals surface area contributed by atoms with Gasteiger partial charge in [-0.3, -0.25) is 24.6 Å². The molecule has 0 spiro atoms. The van der Waals surface area contributed by atoms with Gasteiger partial charge in [0.25, 0.3) is 17.0 Å². The molecule has 0 saturated carbocycles. The molecule has 0 aliphatic heterocycles. The molecule has 0 aliphatic rings. The monoisotopic (exact) mass is 295 g/mol. The van der Waals surface area contributed by atoms with Crippen molar-refractivity contribution in [2.24, 2.45) is 0 Å². The highest BCUT2D eigenvalue weighted by molar-refractivity contribution is 6.08. The fraction of sp³-hybridized carbons (Fsp3) is 0.0625. The zero-order valence-corrected chi connectivity index (χ0v) is 11.8. The second kappa shape index (κ2) is 5.33. The number of fused-ring (bicyclic) bond motifs is 1. The van der Waals surface area contributed by atoms with Crippen molar-refractivity contribution in [3.63, 3.8) is 0 Å². The van der Waals surface area contributed by atoms with Crippen LogP contribution in [0.1, 0.15) is 15.9 Å². The Bertz CT molecular complexity index is 986. The van der Waals surface area contributed by atoms with Gasteiger partial charge in [0.15, 0.2) is 0 Å². The SMILES string of the molecule is Cc1cccc(C(=O)Nc2cccc3c(=O)[nH][nH]c(=O)c23)c1. The van der Waals surface area contributed by atoms with E-state index in [-0.39, 0.29) is 16.7 Å². The molecule has 0 bridgehead atoms. The molecule has 6 nitrogen and oxygen atoms in total. The first-order valence-electron chi connectivity index (χ1n) is 6.68. The molecule has 22 heavy (non-hydrogen) atoms. The predicted molar refractivity (Wildman–Crippen MR) is 84.3 cm³/mol. The molecule has 0 fully saturated rings. The number of hydrogen-bond donors (Lipinski definition) is 3. The number of carbonyl (C=O) groups excluding carboxylic acids is 1. The number of amides is 1. The molecule has 2 aromatic carbocycles. The van der Waals surface area contributed by atoms with Gasteiger partial charge in [0.05, 0.1) is 16.5 Å². The Morgan fingerprint density at radius 3 is 2.50 bits per heavy atom. The molecule has 0 unspecified atom stereocenters. The van der Waals surface area contributed by atoms with Crippen molar-refractivity contribution in [2.75, 3.05) is 5.32 Å². The van der Waals surface area contributed by atoms with Crippen molar-refractivity contribution in [3.05, 3.63) is 74.3 Å². The first kappa shape index (κ1) is 13.8. The van der Waals surface area contributed by atoms with Crippen molar-refractivity contribution in [3.8, 4) is 0 Å². The first-order valence-corrected chi connectivity index (χ1v) is 6.68. The van der Waals surface area contributed by atoms with Gasteiger partial charge in [-0.05, 0) is 31.2 Å². The zero-order chi connectivity index (χ0) is 15.7. The van der Waals surface area contributed by atoms with Crippen LogP contribution in [0.5, 0.6) is 0 Å². The Balaban J connectivity index is 2.08. The van der Waals surface area contributed by atoms with E-state index < -0.39 is 11.1 Å². The first-order chi connectivity index (χ1) is 10.6. The lowest BCUT2D eigenvalue weighted by atomic mass is 10.1. The normalized spacial score (nSPS) is 10.6. The highest BCUT2D eigenvalue weighted by atomic mass is 16.2.